The number of nitrogens with one attached hydrogen (secondary N) is 1. The summed E-state index contributed by atoms with van der Waals surface area (Å²) in [5, 5.41) is 3.74. The Kier molecular flexibility index (Phi) is 13.3. The summed E-state index contributed by atoms with van der Waals surface area (Å²) in [7, 11) is 0. The Morgan fingerprint density at radius 2 is 1.09 bits per heavy atom. The minimum Gasteiger partial charge on any atom is -0.316 e. The van der Waals surface area contributed by atoms with E-state index in [9.17, 15) is 0 Å². The van der Waals surface area contributed by atoms with Gasteiger partial charge in [-0.3, -0.25) is 4.90 Å². The molecule has 0 aliphatic heterocycles. The van der Waals surface area contributed by atoms with E-state index in [2.05, 4.69) is 122 Å². The van der Waals surface area contributed by atoms with Gasteiger partial charge in [-0.25, -0.2) is 0 Å². The van der Waals surface area contributed by atoms with E-state index in [4.69, 9.17) is 0 Å². The quantitative estimate of drug-likeness (QED) is 0.265. The van der Waals surface area contributed by atoms with Crippen molar-refractivity contribution in [1.82, 2.24) is 10.2 Å². The lowest BCUT2D eigenvalue weighted by atomic mass is 9.92. The second kappa shape index (κ2) is 16.2. The highest BCUT2D eigenvalue weighted by atomic mass is 15.2. The van der Waals surface area contributed by atoms with Crippen LogP contribution in [0.5, 0.6) is 0 Å². The molecule has 0 bridgehead atoms. The van der Waals surface area contributed by atoms with E-state index in [1.165, 1.54) is 23.1 Å². The molecule has 3 rings (SSSR count). The van der Waals surface area contributed by atoms with Crippen LogP contribution in [-0.2, 0) is 19.5 Å². The van der Waals surface area contributed by atoms with Gasteiger partial charge in [0, 0.05) is 19.1 Å². The highest BCUT2D eigenvalue weighted by Gasteiger charge is 2.25. The molecule has 2 atom stereocenters. The van der Waals surface area contributed by atoms with Gasteiger partial charge in [-0.2, -0.15) is 0 Å². The van der Waals surface area contributed by atoms with E-state index >= 15 is 0 Å². The molecule has 0 saturated carbocycles. The first-order valence-electron chi connectivity index (χ1n) is 13.2. The standard InChI is InChI=1S/C30H40N2.C2H6/c1-25(2)19-20-31-22-26(3)30(21-27-13-7-4-8-14-27)32(23-28-15-9-5-10-16-28)24-29-17-11-6-12-18-29;1-2/h4-18,25-26,30-31H,19-24H2,1-3H3;1-2H3/t26-,30+;/m1./s1. The van der Waals surface area contributed by atoms with Crippen molar-refractivity contribution in [3.8, 4) is 0 Å². The summed E-state index contributed by atoms with van der Waals surface area (Å²) >= 11 is 0. The van der Waals surface area contributed by atoms with Gasteiger partial charge in [0.25, 0.3) is 0 Å². The third kappa shape index (κ3) is 10.2. The first-order valence-corrected chi connectivity index (χ1v) is 13.2. The van der Waals surface area contributed by atoms with Crippen LogP contribution in [0.25, 0.3) is 0 Å². The van der Waals surface area contributed by atoms with Crippen molar-refractivity contribution in [3.63, 3.8) is 0 Å². The highest BCUT2D eigenvalue weighted by Crippen LogP contribution is 2.22. The molecule has 3 aromatic rings. The Labute approximate surface area is 209 Å². The fourth-order valence-electron chi connectivity index (χ4n) is 4.33. The first kappa shape index (κ1) is 27.8. The van der Waals surface area contributed by atoms with Gasteiger partial charge in [0.2, 0.25) is 0 Å². The smallest absolute Gasteiger partial charge is 0.0240 e. The van der Waals surface area contributed by atoms with Gasteiger partial charge >= 0.3 is 0 Å². The molecule has 3 aromatic carbocycles. The van der Waals surface area contributed by atoms with Crippen LogP contribution in [-0.4, -0.2) is 24.0 Å². The molecular weight excluding hydrogens is 412 g/mol. The molecule has 0 aliphatic rings. The van der Waals surface area contributed by atoms with E-state index in [0.29, 0.717) is 12.0 Å². The fourth-order valence-corrected chi connectivity index (χ4v) is 4.33. The molecule has 0 fully saturated rings. The van der Waals surface area contributed by atoms with Crippen LogP contribution < -0.4 is 5.32 Å². The first-order chi connectivity index (χ1) is 16.6. The van der Waals surface area contributed by atoms with Crippen molar-refractivity contribution in [1.29, 1.82) is 0 Å². The molecule has 184 valence electrons. The van der Waals surface area contributed by atoms with Crippen LogP contribution in [0.2, 0.25) is 0 Å². The number of benzene rings is 3. The molecule has 2 nitrogen and oxygen atoms in total. The van der Waals surface area contributed by atoms with Gasteiger partial charge in [0.15, 0.2) is 0 Å². The summed E-state index contributed by atoms with van der Waals surface area (Å²) in [6.07, 6.45) is 2.29. The maximum Gasteiger partial charge on any atom is 0.0240 e. The van der Waals surface area contributed by atoms with Gasteiger partial charge in [0.1, 0.15) is 0 Å². The number of hydrogen-bond donors (Lipinski definition) is 1. The topological polar surface area (TPSA) is 15.3 Å². The van der Waals surface area contributed by atoms with Crippen LogP contribution in [0.15, 0.2) is 91.0 Å². The zero-order valence-electron chi connectivity index (χ0n) is 22.1. The summed E-state index contributed by atoms with van der Waals surface area (Å²) in [5.74, 6) is 1.28. The summed E-state index contributed by atoms with van der Waals surface area (Å²) in [6, 6.07) is 33.3. The normalized spacial score (nSPS) is 12.8. The molecule has 0 aliphatic carbocycles. The van der Waals surface area contributed by atoms with Crippen molar-refractivity contribution >= 4 is 0 Å². The van der Waals surface area contributed by atoms with Crippen molar-refractivity contribution in [2.24, 2.45) is 11.8 Å². The Morgan fingerprint density at radius 3 is 1.53 bits per heavy atom. The maximum atomic E-state index is 3.74. The van der Waals surface area contributed by atoms with Crippen LogP contribution >= 0.6 is 0 Å². The second-order valence-corrected chi connectivity index (χ2v) is 9.50. The van der Waals surface area contributed by atoms with Crippen molar-refractivity contribution in [2.45, 2.75) is 66.6 Å². The Morgan fingerprint density at radius 1 is 0.647 bits per heavy atom. The lowest BCUT2D eigenvalue weighted by Gasteiger charge is -2.36. The van der Waals surface area contributed by atoms with Crippen molar-refractivity contribution in [2.75, 3.05) is 13.1 Å². The van der Waals surface area contributed by atoms with Gasteiger partial charge in [0.05, 0.1) is 0 Å². The summed E-state index contributed by atoms with van der Waals surface area (Å²) in [4.78, 5) is 2.69. The van der Waals surface area contributed by atoms with Crippen LogP contribution in [0.1, 0.15) is 57.7 Å². The largest absolute Gasteiger partial charge is 0.316 e. The Bertz CT molecular complexity index is 820. The predicted molar refractivity (Wildman–Crippen MR) is 149 cm³/mol. The third-order valence-electron chi connectivity index (χ3n) is 6.24. The van der Waals surface area contributed by atoms with Crippen molar-refractivity contribution in [3.05, 3.63) is 108 Å². The molecule has 0 heterocycles. The highest BCUT2D eigenvalue weighted by molar-refractivity contribution is 5.20. The van der Waals surface area contributed by atoms with Gasteiger partial charge in [-0.05, 0) is 54.5 Å². The molecule has 0 aromatic heterocycles. The Balaban J connectivity index is 0.00000199. The minimum atomic E-state index is 0.448. The zero-order chi connectivity index (χ0) is 24.6. The molecule has 2 heteroatoms. The van der Waals surface area contributed by atoms with Crippen LogP contribution in [0, 0.1) is 11.8 Å². The molecule has 34 heavy (non-hydrogen) atoms. The monoisotopic (exact) mass is 458 g/mol. The molecular formula is C32H46N2. The third-order valence-corrected chi connectivity index (χ3v) is 6.24. The molecule has 1 N–H and O–H groups in total. The molecule has 0 unspecified atom stereocenters. The average Bonchev–Trinajstić information content (AvgIpc) is 2.88. The summed E-state index contributed by atoms with van der Waals surface area (Å²) in [5.41, 5.74) is 4.17. The Hall–Kier alpha value is -2.42. The molecule has 0 spiro atoms. The SMILES string of the molecule is CC.CC(C)CCNC[C@@H](C)[C@H](Cc1ccccc1)N(Cc1ccccc1)Cc1ccccc1. The maximum absolute atomic E-state index is 3.74. The van der Waals surface area contributed by atoms with E-state index in [0.717, 1.165) is 38.5 Å². The molecule has 0 amide bonds. The molecule has 0 radical (unpaired) electrons. The summed E-state index contributed by atoms with van der Waals surface area (Å²) in [6.45, 7) is 15.1. The van der Waals surface area contributed by atoms with Gasteiger partial charge < -0.3 is 5.32 Å². The predicted octanol–water partition coefficient (Wildman–Crippen LogP) is 7.60. The van der Waals surface area contributed by atoms with Crippen LogP contribution in [0.4, 0.5) is 0 Å². The average molecular weight is 459 g/mol. The minimum absolute atomic E-state index is 0.448. The van der Waals surface area contributed by atoms with E-state index < -0.39 is 0 Å². The molecule has 0 saturated heterocycles. The van der Waals surface area contributed by atoms with Gasteiger partial charge in [-0.1, -0.05) is 126 Å². The van der Waals surface area contributed by atoms with Gasteiger partial charge in [-0.15, -0.1) is 0 Å². The van der Waals surface area contributed by atoms with E-state index in [1.54, 1.807) is 0 Å². The van der Waals surface area contributed by atoms with Crippen LogP contribution in [0.3, 0.4) is 0 Å². The number of hydrogen-bond acceptors (Lipinski definition) is 2. The lowest BCUT2D eigenvalue weighted by Crippen LogP contribution is -2.44. The van der Waals surface area contributed by atoms with E-state index in [1.807, 2.05) is 13.8 Å². The number of nitrogens with zero attached hydrogens (tertiary/aromatic N) is 1. The number of rotatable bonds is 13. The fraction of sp³-hybridized carbons (Fsp3) is 0.438. The summed E-state index contributed by atoms with van der Waals surface area (Å²) < 4.78 is 0. The van der Waals surface area contributed by atoms with Crippen molar-refractivity contribution < 1.29 is 0 Å². The van der Waals surface area contributed by atoms with E-state index in [-0.39, 0.29) is 0 Å². The zero-order valence-corrected chi connectivity index (χ0v) is 22.1. The second-order valence-electron chi connectivity index (χ2n) is 9.50. The lowest BCUT2D eigenvalue weighted by molar-refractivity contribution is 0.128.